The van der Waals surface area contributed by atoms with Crippen LogP contribution in [-0.2, 0) is 13.1 Å². The molecule has 172 valence electrons. The molecule has 0 saturated heterocycles. The van der Waals surface area contributed by atoms with Gasteiger partial charge < -0.3 is 25.4 Å². The molecular weight excluding hydrogens is 503 g/mol. The Morgan fingerprint density at radius 3 is 2.35 bits per heavy atom. The van der Waals surface area contributed by atoms with Gasteiger partial charge in [0.25, 0.3) is 0 Å². The van der Waals surface area contributed by atoms with Gasteiger partial charge in [0, 0.05) is 19.6 Å². The highest BCUT2D eigenvalue weighted by Crippen LogP contribution is 2.18. The van der Waals surface area contributed by atoms with E-state index in [0.29, 0.717) is 19.0 Å². The van der Waals surface area contributed by atoms with Gasteiger partial charge in [0.15, 0.2) is 5.96 Å². The fourth-order valence-corrected chi connectivity index (χ4v) is 3.06. The SMILES string of the molecule is CCNC(=NCc1cccc(CN(C)C)c1)NCC(O)c1ccc(OC(C)C)cc1.I. The van der Waals surface area contributed by atoms with Gasteiger partial charge in [-0.05, 0) is 63.7 Å². The Kier molecular flexibility index (Phi) is 12.5. The van der Waals surface area contributed by atoms with Crippen molar-refractivity contribution >= 4 is 29.9 Å². The molecule has 0 saturated carbocycles. The summed E-state index contributed by atoms with van der Waals surface area (Å²) in [6.07, 6.45) is -0.504. The van der Waals surface area contributed by atoms with Crippen LogP contribution in [0.25, 0.3) is 0 Å². The summed E-state index contributed by atoms with van der Waals surface area (Å²) in [4.78, 5) is 6.82. The predicted molar refractivity (Wildman–Crippen MR) is 139 cm³/mol. The number of hydrogen-bond donors (Lipinski definition) is 3. The van der Waals surface area contributed by atoms with E-state index in [4.69, 9.17) is 4.74 Å². The number of rotatable bonds is 10. The lowest BCUT2D eigenvalue weighted by Crippen LogP contribution is -2.39. The maximum Gasteiger partial charge on any atom is 0.191 e. The molecular formula is C24H37IN4O2. The van der Waals surface area contributed by atoms with E-state index >= 15 is 0 Å². The Labute approximate surface area is 204 Å². The van der Waals surface area contributed by atoms with E-state index in [1.165, 1.54) is 5.56 Å². The van der Waals surface area contributed by atoms with E-state index in [2.05, 4.69) is 58.9 Å². The molecule has 31 heavy (non-hydrogen) atoms. The summed E-state index contributed by atoms with van der Waals surface area (Å²) in [5.41, 5.74) is 3.27. The number of nitrogens with one attached hydrogen (secondary N) is 2. The minimum absolute atomic E-state index is 0. The van der Waals surface area contributed by atoms with Gasteiger partial charge in [-0.1, -0.05) is 36.4 Å². The second kappa shape index (κ2) is 14.3. The maximum atomic E-state index is 10.5. The molecule has 0 spiro atoms. The van der Waals surface area contributed by atoms with E-state index in [0.717, 1.165) is 30.0 Å². The summed E-state index contributed by atoms with van der Waals surface area (Å²) in [5.74, 6) is 1.50. The molecule has 3 N–H and O–H groups in total. The van der Waals surface area contributed by atoms with Crippen molar-refractivity contribution in [1.29, 1.82) is 0 Å². The predicted octanol–water partition coefficient (Wildman–Crippen LogP) is 3.94. The molecule has 1 atom stereocenters. The number of ether oxygens (including phenoxy) is 1. The van der Waals surface area contributed by atoms with Crippen LogP contribution >= 0.6 is 24.0 Å². The first-order valence-corrected chi connectivity index (χ1v) is 10.6. The molecule has 2 rings (SSSR count). The Hall–Kier alpha value is -1.84. The first-order chi connectivity index (χ1) is 14.4. The van der Waals surface area contributed by atoms with Gasteiger partial charge in [-0.3, -0.25) is 0 Å². The van der Waals surface area contributed by atoms with E-state index in [-0.39, 0.29) is 30.1 Å². The fourth-order valence-electron chi connectivity index (χ4n) is 3.06. The molecule has 2 aromatic carbocycles. The smallest absolute Gasteiger partial charge is 0.191 e. The van der Waals surface area contributed by atoms with Crippen LogP contribution in [0.15, 0.2) is 53.5 Å². The highest BCUT2D eigenvalue weighted by atomic mass is 127. The first kappa shape index (κ1) is 27.2. The monoisotopic (exact) mass is 540 g/mol. The number of nitrogens with zero attached hydrogens (tertiary/aromatic N) is 2. The summed E-state index contributed by atoms with van der Waals surface area (Å²) in [6, 6.07) is 16.0. The molecule has 0 aliphatic heterocycles. The second-order valence-electron chi connectivity index (χ2n) is 7.89. The minimum atomic E-state index is -0.634. The van der Waals surface area contributed by atoms with Gasteiger partial charge in [-0.25, -0.2) is 4.99 Å². The van der Waals surface area contributed by atoms with Crippen LogP contribution < -0.4 is 15.4 Å². The average Bonchev–Trinajstić information content (AvgIpc) is 2.70. The van der Waals surface area contributed by atoms with Crippen molar-refractivity contribution in [3.05, 3.63) is 65.2 Å². The molecule has 0 amide bonds. The van der Waals surface area contributed by atoms with E-state index in [9.17, 15) is 5.11 Å². The molecule has 0 aromatic heterocycles. The van der Waals surface area contributed by atoms with E-state index in [1.807, 2.05) is 45.0 Å². The number of halogens is 1. The lowest BCUT2D eigenvalue weighted by Gasteiger charge is -2.16. The minimum Gasteiger partial charge on any atom is -0.491 e. The van der Waals surface area contributed by atoms with Gasteiger partial charge in [-0.2, -0.15) is 0 Å². The Morgan fingerprint density at radius 2 is 1.74 bits per heavy atom. The zero-order chi connectivity index (χ0) is 21.9. The first-order valence-electron chi connectivity index (χ1n) is 10.6. The number of guanidine groups is 1. The standard InChI is InChI=1S/C24H36N4O2.HI/c1-6-25-24(26-15-19-8-7-9-20(14-19)17-28(4)5)27-16-23(29)21-10-12-22(13-11-21)30-18(2)3;/h7-14,18,23,29H,6,15-17H2,1-5H3,(H2,25,26,27);1H. The van der Waals surface area contributed by atoms with Crippen molar-refractivity contribution in [3.63, 3.8) is 0 Å². The van der Waals surface area contributed by atoms with Crippen LogP contribution in [0.2, 0.25) is 0 Å². The third kappa shape index (κ3) is 10.3. The lowest BCUT2D eigenvalue weighted by molar-refractivity contribution is 0.180. The second-order valence-corrected chi connectivity index (χ2v) is 7.89. The number of hydrogen-bond acceptors (Lipinski definition) is 4. The van der Waals surface area contributed by atoms with Crippen molar-refractivity contribution in [2.75, 3.05) is 27.2 Å². The molecule has 0 fully saturated rings. The zero-order valence-corrected chi connectivity index (χ0v) is 21.6. The van der Waals surface area contributed by atoms with Gasteiger partial charge in [0.05, 0.1) is 18.8 Å². The van der Waals surface area contributed by atoms with Gasteiger partial charge in [0.2, 0.25) is 0 Å². The van der Waals surface area contributed by atoms with Gasteiger partial charge >= 0.3 is 0 Å². The molecule has 0 aliphatic rings. The van der Waals surface area contributed by atoms with Crippen LogP contribution in [0.3, 0.4) is 0 Å². The fraction of sp³-hybridized carbons (Fsp3) is 0.458. The largest absolute Gasteiger partial charge is 0.491 e. The Balaban J connectivity index is 0.00000480. The topological polar surface area (TPSA) is 69.1 Å². The van der Waals surface area contributed by atoms with Crippen molar-refractivity contribution in [2.24, 2.45) is 4.99 Å². The number of aliphatic hydroxyl groups is 1. The van der Waals surface area contributed by atoms with Gasteiger partial charge in [0.1, 0.15) is 5.75 Å². The van der Waals surface area contributed by atoms with E-state index in [1.54, 1.807) is 0 Å². The van der Waals surface area contributed by atoms with Crippen LogP contribution in [0.5, 0.6) is 5.75 Å². The molecule has 2 aromatic rings. The quantitative estimate of drug-likeness (QED) is 0.242. The summed E-state index contributed by atoms with van der Waals surface area (Å²) >= 11 is 0. The van der Waals surface area contributed by atoms with Crippen molar-refractivity contribution in [3.8, 4) is 5.75 Å². The van der Waals surface area contributed by atoms with Crippen molar-refractivity contribution in [2.45, 2.75) is 46.1 Å². The van der Waals surface area contributed by atoms with Gasteiger partial charge in [-0.15, -0.1) is 24.0 Å². The number of aliphatic hydroxyl groups excluding tert-OH is 1. The third-order valence-electron chi connectivity index (χ3n) is 4.35. The molecule has 1 unspecified atom stereocenters. The van der Waals surface area contributed by atoms with Crippen LogP contribution in [0.1, 0.15) is 43.6 Å². The molecule has 6 nitrogen and oxygen atoms in total. The van der Waals surface area contributed by atoms with E-state index < -0.39 is 6.10 Å². The highest BCUT2D eigenvalue weighted by Gasteiger charge is 2.09. The van der Waals surface area contributed by atoms with Crippen LogP contribution in [0.4, 0.5) is 0 Å². The van der Waals surface area contributed by atoms with Crippen LogP contribution in [0, 0.1) is 0 Å². The van der Waals surface area contributed by atoms with Crippen molar-refractivity contribution < 1.29 is 9.84 Å². The normalized spacial score (nSPS) is 12.5. The summed E-state index contributed by atoms with van der Waals surface area (Å²) in [7, 11) is 4.13. The summed E-state index contributed by atoms with van der Waals surface area (Å²) in [5, 5.41) is 17.0. The Morgan fingerprint density at radius 1 is 1.06 bits per heavy atom. The molecule has 0 aliphatic carbocycles. The maximum absolute atomic E-state index is 10.5. The molecule has 7 heteroatoms. The molecule has 0 bridgehead atoms. The lowest BCUT2D eigenvalue weighted by atomic mass is 10.1. The average molecular weight is 540 g/mol. The number of benzene rings is 2. The summed E-state index contributed by atoms with van der Waals surface area (Å²) in [6.45, 7) is 8.62. The molecule has 0 radical (unpaired) electrons. The summed E-state index contributed by atoms with van der Waals surface area (Å²) < 4.78 is 5.65. The Bertz CT molecular complexity index is 794. The zero-order valence-electron chi connectivity index (χ0n) is 19.3. The highest BCUT2D eigenvalue weighted by molar-refractivity contribution is 14.0. The number of aliphatic imine (C=N–C) groups is 1. The third-order valence-corrected chi connectivity index (χ3v) is 4.35. The molecule has 0 heterocycles. The van der Waals surface area contributed by atoms with Crippen molar-refractivity contribution in [1.82, 2.24) is 15.5 Å². The van der Waals surface area contributed by atoms with Crippen LogP contribution in [-0.4, -0.2) is 49.3 Å².